The van der Waals surface area contributed by atoms with Crippen molar-refractivity contribution in [3.8, 4) is 0 Å². The summed E-state index contributed by atoms with van der Waals surface area (Å²) in [7, 11) is -11.6. The molecule has 4 aliphatic rings. The van der Waals surface area contributed by atoms with E-state index in [1.165, 1.54) is 55.2 Å². The molecule has 1 saturated carbocycles. The Labute approximate surface area is 676 Å². The fraction of sp³-hybridized carbons (Fsp3) is 0.510. The van der Waals surface area contributed by atoms with Gasteiger partial charge in [-0.15, -0.1) is 0 Å². The van der Waals surface area contributed by atoms with E-state index in [0.717, 1.165) is 5.54 Å². The van der Waals surface area contributed by atoms with Crippen LogP contribution in [0.5, 0.6) is 0 Å². The van der Waals surface area contributed by atoms with E-state index >= 15 is 0 Å². The number of hydrogen-bond acceptors (Lipinski definition) is 0. The first-order valence-corrected chi connectivity index (χ1v) is 74.8. The maximum absolute atomic E-state index is 2.75. The van der Waals surface area contributed by atoms with Gasteiger partial charge in [-0.3, -0.25) is 0 Å². The van der Waals surface area contributed by atoms with E-state index < -0.39 is 98.2 Å². The molecule has 0 heterocycles. The van der Waals surface area contributed by atoms with Crippen LogP contribution >= 0.6 is 0 Å². The summed E-state index contributed by atoms with van der Waals surface area (Å²) in [6.07, 6.45) is 8.19. The van der Waals surface area contributed by atoms with E-state index in [4.69, 9.17) is 0 Å². The third kappa shape index (κ3) is 15.7. The van der Waals surface area contributed by atoms with Crippen molar-refractivity contribution >= 4 is 95.1 Å². The molecule has 0 radical (unpaired) electrons. The Kier molecular flexibility index (Phi) is 26.9. The monoisotopic (exact) mass is 1640 g/mol. The van der Waals surface area contributed by atoms with Crippen molar-refractivity contribution in [2.75, 3.05) is 0 Å². The molecule has 0 aromatic heterocycles. The fourth-order valence-corrected chi connectivity index (χ4v) is 71.4. The van der Waals surface area contributed by atoms with Crippen molar-refractivity contribution in [3.05, 3.63) is 224 Å². The summed E-state index contributed by atoms with van der Waals surface area (Å²) in [5.41, 5.74) is 20.3. The van der Waals surface area contributed by atoms with Gasteiger partial charge in [-0.2, -0.15) is 0 Å². The van der Waals surface area contributed by atoms with Crippen LogP contribution in [0.2, 0.25) is 137 Å². The second-order valence-electron chi connectivity index (χ2n) is 42.2. The van der Waals surface area contributed by atoms with E-state index in [0.29, 0.717) is 5.54 Å². The Morgan fingerprint density at radius 1 is 0.355 bits per heavy atom. The van der Waals surface area contributed by atoms with Gasteiger partial charge in [0, 0.05) is 0 Å². The van der Waals surface area contributed by atoms with Gasteiger partial charge in [0.05, 0.1) is 0 Å². The molecule has 107 heavy (non-hydrogen) atoms. The van der Waals surface area contributed by atoms with Gasteiger partial charge in [0.1, 0.15) is 0 Å². The first-order valence-electron chi connectivity index (χ1n) is 41.8. The Morgan fingerprint density at radius 3 is 1.02 bits per heavy atom. The first kappa shape index (κ1) is 89.8. The third-order valence-electron chi connectivity index (χ3n) is 28.4. The molecule has 0 amide bonds. The van der Waals surface area contributed by atoms with Crippen molar-refractivity contribution in [1.29, 1.82) is 0 Å². The molecule has 1 fully saturated rings. The fourth-order valence-electron chi connectivity index (χ4n) is 23.7. The standard InChI is InChI=1S/C31H43Si2.2C29H41Si2.9CH3.3Ti/c1-23-19-29(32(6,7)8)21-30(20-23)33(27-15-11-9-12-16-27,28-17-13-10-14-18-28)31(5)22-24(2)25(3)26(31)4;1-21-17-26(30(9,10)11)19-27(18-21)31(28(5,6)7,25-15-13-12-14-16-25)29(8)20-22(2)23(3)24(29)4;1-11-23(4)31(26-15-13-12-14-16-26,29(7)20-22(3)24(5)25(29)6)28-18-21(2)17-27(19-28)30(8,9)10;;;;;;;;;;;;/h9,11-12,15-16,19-21,28H,10,13-14,17-18H2,1-8H3;12-19H,1-11H3;12-19,23H,11H2,1-10H3;9*1H3;;;. The van der Waals surface area contributed by atoms with Crippen molar-refractivity contribution in [1.82, 2.24) is 0 Å². The SMILES string of the molecule is CC1=C(C)C(C)([Si](c2ccccc2)(c2cc(C)cc([Si](C)(C)C)c2)C(C)(C)C)[C]([Ti]([CH3])([CH3])[CH3])=C1C.CC1=C(C)C(C)([Si](c2ccccc2)(c2cc(C)cc([Si](C)(C)C)c2)C2CCCCC2)[C]([Ti]([CH3])([CH3])[CH3])=C1C.CCC(C)[Si](c1ccccc1)(c1cc(C)cc([Si](C)(C)C)c1)C1(C)C(C)=C(C)C(C)=[C]1[Ti]([CH3])([CH3])[CH3]. The molecule has 4 aliphatic carbocycles. The predicted molar refractivity (Wildman–Crippen MR) is 494 cm³/mol. The van der Waals surface area contributed by atoms with Gasteiger partial charge in [-0.25, -0.2) is 0 Å². The summed E-state index contributed by atoms with van der Waals surface area (Å²) in [6.45, 7) is 72.6. The molecule has 0 aliphatic heterocycles. The molecule has 7 unspecified atom stereocenters. The minimum atomic E-state index is -2.45. The normalized spacial score (nSPS) is 22.4. The van der Waals surface area contributed by atoms with Gasteiger partial charge in [-0.1, -0.05) is 0 Å². The summed E-state index contributed by atoms with van der Waals surface area (Å²) < 4.78 is 5.60. The maximum atomic E-state index is 2.75. The molecule has 7 atom stereocenters. The zero-order valence-corrected chi connectivity index (χ0v) is 86.4. The van der Waals surface area contributed by atoms with Gasteiger partial charge in [0.15, 0.2) is 0 Å². The first-order chi connectivity index (χ1) is 49.0. The second-order valence-corrected chi connectivity index (χ2v) is 95.4. The van der Waals surface area contributed by atoms with Gasteiger partial charge in [-0.05, 0) is 0 Å². The molecule has 9 heteroatoms. The summed E-state index contributed by atoms with van der Waals surface area (Å²) >= 11 is -6.71. The van der Waals surface area contributed by atoms with Crippen molar-refractivity contribution in [2.24, 2.45) is 0 Å². The van der Waals surface area contributed by atoms with Crippen LogP contribution in [0.25, 0.3) is 0 Å². The van der Waals surface area contributed by atoms with Gasteiger partial charge >= 0.3 is 683 Å². The number of allylic oxidation sites excluding steroid dienone is 12. The molecule has 10 rings (SSSR count). The van der Waals surface area contributed by atoms with E-state index in [1.807, 2.05) is 11.6 Å². The molecule has 0 N–H and O–H groups in total. The minimum absolute atomic E-state index is 0.0591. The van der Waals surface area contributed by atoms with Gasteiger partial charge in [0.25, 0.3) is 0 Å². The van der Waals surface area contributed by atoms with Crippen LogP contribution in [-0.4, -0.2) is 48.4 Å². The molecule has 0 spiro atoms. The summed E-state index contributed by atoms with van der Waals surface area (Å²) in [5.74, 6) is 0. The molecule has 6 aromatic carbocycles. The van der Waals surface area contributed by atoms with Crippen LogP contribution in [0.3, 0.4) is 0 Å². The van der Waals surface area contributed by atoms with Crippen LogP contribution in [0.4, 0.5) is 0 Å². The van der Waals surface area contributed by atoms with Gasteiger partial charge < -0.3 is 0 Å². The molecule has 6 aromatic rings. The molecule has 580 valence electrons. The Morgan fingerprint density at radius 2 is 0.654 bits per heavy atom. The van der Waals surface area contributed by atoms with Crippen molar-refractivity contribution in [3.63, 3.8) is 0 Å². The van der Waals surface area contributed by atoms with Crippen LogP contribution in [0, 0.1) is 20.8 Å². The Hall–Kier alpha value is -2.80. The zero-order valence-electron chi connectivity index (χ0n) is 75.8. The average Bonchev–Trinajstić information content (AvgIpc) is 1.62. The zero-order chi connectivity index (χ0) is 80.7. The molecule has 0 nitrogen and oxygen atoms in total. The second kappa shape index (κ2) is 32.1. The van der Waals surface area contributed by atoms with Crippen LogP contribution in [0.15, 0.2) is 207 Å². The van der Waals surface area contributed by atoms with E-state index in [1.54, 1.807) is 96.8 Å². The molecular weight excluding hydrogens is 1490 g/mol. The van der Waals surface area contributed by atoms with Crippen LogP contribution in [-0.2, 0) is 49.8 Å². The summed E-state index contributed by atoms with van der Waals surface area (Å²) in [4.78, 5) is 0. The third-order valence-corrected chi connectivity index (χ3v) is 66.4. The van der Waals surface area contributed by atoms with Gasteiger partial charge in [0.2, 0.25) is 0 Å². The summed E-state index contributed by atoms with van der Waals surface area (Å²) in [6, 6.07) is 59.0. The average molecular weight is 1640 g/mol. The Balaban J connectivity index is 0.000000203. The molecular formula is C98H152Si6Ti3. The number of rotatable bonds is 18. The topological polar surface area (TPSA) is 0 Å². The number of benzene rings is 6. The molecule has 0 saturated heterocycles. The quantitative estimate of drug-likeness (QED) is 0.0753. The predicted octanol–water partition coefficient (Wildman–Crippen LogP) is 26.3. The number of aryl methyl sites for hydroxylation is 3. The van der Waals surface area contributed by atoms with Crippen molar-refractivity contribution in [2.45, 2.75) is 314 Å². The van der Waals surface area contributed by atoms with E-state index in [9.17, 15) is 0 Å². The van der Waals surface area contributed by atoms with E-state index in [-0.39, 0.29) is 20.2 Å². The Bertz CT molecular complexity index is 4470. The summed E-state index contributed by atoms with van der Waals surface area (Å²) in [5, 5.41) is 39.0. The molecule has 0 bridgehead atoms. The van der Waals surface area contributed by atoms with Crippen LogP contribution in [0.1, 0.15) is 173 Å². The van der Waals surface area contributed by atoms with E-state index in [2.05, 4.69) is 390 Å². The number of hydrogen-bond donors (Lipinski definition) is 0. The van der Waals surface area contributed by atoms with Crippen molar-refractivity contribution < 1.29 is 49.8 Å². The van der Waals surface area contributed by atoms with Crippen LogP contribution < -0.4 is 46.7 Å².